The van der Waals surface area contributed by atoms with Crippen molar-refractivity contribution in [2.45, 2.75) is 25.6 Å². The van der Waals surface area contributed by atoms with E-state index >= 15 is 0 Å². The van der Waals surface area contributed by atoms with Gasteiger partial charge in [0, 0.05) is 12.1 Å². The van der Waals surface area contributed by atoms with Gasteiger partial charge in [0.05, 0.1) is 30.1 Å². The Morgan fingerprint density at radius 1 is 1.36 bits per heavy atom. The van der Waals surface area contributed by atoms with Crippen molar-refractivity contribution in [1.29, 1.82) is 0 Å². The van der Waals surface area contributed by atoms with Crippen LogP contribution in [0.2, 0.25) is 0 Å². The van der Waals surface area contributed by atoms with Crippen LogP contribution in [0.25, 0.3) is 0 Å². The van der Waals surface area contributed by atoms with Gasteiger partial charge in [0.15, 0.2) is 0 Å². The average molecular weight is 313 g/mol. The van der Waals surface area contributed by atoms with Crippen molar-refractivity contribution in [3.05, 3.63) is 38.9 Å². The standard InChI is InChI=1S/C13H15NO8/c1-6-8(12(18)10(15)5-11(16)17)3-7(14(20)21)4-9(6)13(19)22-2/h3-4,10,12,15,18H,5H2,1-2H3,(H,16,17). The number of aliphatic hydroxyl groups is 2. The summed E-state index contributed by atoms with van der Waals surface area (Å²) >= 11 is 0. The smallest absolute Gasteiger partial charge is 0.338 e. The third-order valence-electron chi connectivity index (χ3n) is 3.12. The van der Waals surface area contributed by atoms with Crippen LogP contribution in [0.15, 0.2) is 12.1 Å². The molecule has 1 rings (SSSR count). The maximum Gasteiger partial charge on any atom is 0.338 e. The van der Waals surface area contributed by atoms with Crippen molar-refractivity contribution in [2.24, 2.45) is 0 Å². The van der Waals surface area contributed by atoms with Gasteiger partial charge in [-0.2, -0.15) is 0 Å². The number of aliphatic carboxylic acids is 1. The number of hydrogen-bond acceptors (Lipinski definition) is 7. The topological polar surface area (TPSA) is 147 Å². The lowest BCUT2D eigenvalue weighted by molar-refractivity contribution is -0.385. The molecule has 0 saturated heterocycles. The highest BCUT2D eigenvalue weighted by molar-refractivity contribution is 5.92. The van der Waals surface area contributed by atoms with Crippen LogP contribution in [0.1, 0.15) is 34.0 Å². The number of non-ortho nitro benzene ring substituents is 1. The monoisotopic (exact) mass is 313 g/mol. The summed E-state index contributed by atoms with van der Waals surface area (Å²) in [6, 6.07) is 1.97. The number of carbonyl (C=O) groups excluding carboxylic acids is 1. The second kappa shape index (κ2) is 6.96. The van der Waals surface area contributed by atoms with E-state index in [2.05, 4.69) is 4.74 Å². The zero-order valence-electron chi connectivity index (χ0n) is 11.8. The quantitative estimate of drug-likeness (QED) is 0.392. The molecule has 0 aliphatic rings. The van der Waals surface area contributed by atoms with E-state index in [1.807, 2.05) is 0 Å². The van der Waals surface area contributed by atoms with Crippen LogP contribution in [0, 0.1) is 17.0 Å². The van der Waals surface area contributed by atoms with Gasteiger partial charge < -0.3 is 20.1 Å². The molecule has 9 heteroatoms. The van der Waals surface area contributed by atoms with Crippen LogP contribution in [0.4, 0.5) is 5.69 Å². The molecule has 2 unspecified atom stereocenters. The van der Waals surface area contributed by atoms with Crippen molar-refractivity contribution < 1.29 is 34.6 Å². The number of nitro groups is 1. The molecule has 0 spiro atoms. The molecule has 1 aromatic carbocycles. The van der Waals surface area contributed by atoms with Crippen LogP contribution in [-0.2, 0) is 9.53 Å². The number of rotatable bonds is 6. The maximum absolute atomic E-state index is 11.6. The van der Waals surface area contributed by atoms with Crippen LogP contribution in [0.5, 0.6) is 0 Å². The third-order valence-corrected chi connectivity index (χ3v) is 3.12. The number of carboxylic acids is 1. The summed E-state index contributed by atoms with van der Waals surface area (Å²) in [5.41, 5.74) is -0.575. The predicted octanol–water partition coefficient (Wildman–Crippen LogP) is 0.559. The fourth-order valence-corrected chi connectivity index (χ4v) is 1.95. The van der Waals surface area contributed by atoms with Gasteiger partial charge >= 0.3 is 11.9 Å². The Kier molecular flexibility index (Phi) is 5.55. The number of nitrogens with zero attached hydrogens (tertiary/aromatic N) is 1. The molecule has 22 heavy (non-hydrogen) atoms. The summed E-state index contributed by atoms with van der Waals surface area (Å²) in [5.74, 6) is -2.19. The molecule has 0 radical (unpaired) electrons. The van der Waals surface area contributed by atoms with Gasteiger partial charge in [-0.05, 0) is 18.1 Å². The van der Waals surface area contributed by atoms with Gasteiger partial charge in [-0.1, -0.05) is 0 Å². The summed E-state index contributed by atoms with van der Waals surface area (Å²) in [5, 5.41) is 39.2. The van der Waals surface area contributed by atoms with Crippen LogP contribution in [0.3, 0.4) is 0 Å². The highest BCUT2D eigenvalue weighted by Gasteiger charge is 2.27. The molecule has 0 amide bonds. The zero-order chi connectivity index (χ0) is 17.0. The first-order valence-electron chi connectivity index (χ1n) is 6.14. The molecular weight excluding hydrogens is 298 g/mol. The van der Waals surface area contributed by atoms with Crippen LogP contribution >= 0.6 is 0 Å². The lowest BCUT2D eigenvalue weighted by atomic mass is 9.93. The predicted molar refractivity (Wildman–Crippen MR) is 72.4 cm³/mol. The first-order chi connectivity index (χ1) is 10.2. The van der Waals surface area contributed by atoms with E-state index in [9.17, 15) is 29.9 Å². The highest BCUT2D eigenvalue weighted by Crippen LogP contribution is 2.29. The summed E-state index contributed by atoms with van der Waals surface area (Å²) in [6.45, 7) is 1.40. The zero-order valence-corrected chi connectivity index (χ0v) is 11.8. The minimum absolute atomic E-state index is 0.108. The Bertz CT molecular complexity index is 612. The van der Waals surface area contributed by atoms with E-state index < -0.39 is 41.2 Å². The molecule has 9 nitrogen and oxygen atoms in total. The van der Waals surface area contributed by atoms with Crippen molar-refractivity contribution in [3.8, 4) is 0 Å². The number of carboxylic acid groups (broad SMARTS) is 1. The van der Waals surface area contributed by atoms with Gasteiger partial charge in [-0.3, -0.25) is 14.9 Å². The Hall–Kier alpha value is -2.52. The van der Waals surface area contributed by atoms with Gasteiger partial charge in [0.2, 0.25) is 0 Å². The summed E-state index contributed by atoms with van der Waals surface area (Å²) in [6.07, 6.45) is -4.13. The molecular formula is C13H15NO8. The van der Waals surface area contributed by atoms with Crippen molar-refractivity contribution in [3.63, 3.8) is 0 Å². The van der Waals surface area contributed by atoms with Gasteiger partial charge in [-0.15, -0.1) is 0 Å². The second-order valence-corrected chi connectivity index (χ2v) is 4.57. The molecule has 2 atom stereocenters. The van der Waals surface area contributed by atoms with E-state index in [-0.39, 0.29) is 16.7 Å². The van der Waals surface area contributed by atoms with E-state index in [4.69, 9.17) is 5.11 Å². The Balaban J connectivity index is 3.39. The minimum atomic E-state index is -1.69. The van der Waals surface area contributed by atoms with E-state index in [1.165, 1.54) is 6.92 Å². The number of ether oxygens (including phenoxy) is 1. The fraction of sp³-hybridized carbons (Fsp3) is 0.385. The number of methoxy groups -OCH3 is 1. The van der Waals surface area contributed by atoms with E-state index in [0.717, 1.165) is 19.2 Å². The fourth-order valence-electron chi connectivity index (χ4n) is 1.95. The minimum Gasteiger partial charge on any atom is -0.481 e. The Labute approximate surface area is 124 Å². The normalized spacial score (nSPS) is 13.3. The summed E-state index contributed by atoms with van der Waals surface area (Å²) in [7, 11) is 1.09. The molecule has 0 bridgehead atoms. The van der Waals surface area contributed by atoms with Gasteiger partial charge in [0.1, 0.15) is 6.10 Å². The van der Waals surface area contributed by atoms with Crippen molar-refractivity contribution in [1.82, 2.24) is 0 Å². The molecule has 120 valence electrons. The molecule has 0 aliphatic heterocycles. The number of aliphatic hydroxyl groups excluding tert-OH is 2. The molecule has 0 saturated carbocycles. The third kappa shape index (κ3) is 3.77. The molecule has 0 fully saturated rings. The van der Waals surface area contributed by atoms with Crippen molar-refractivity contribution >= 4 is 17.6 Å². The second-order valence-electron chi connectivity index (χ2n) is 4.57. The molecule has 0 aromatic heterocycles. The number of hydrogen-bond donors (Lipinski definition) is 3. The number of nitro benzene ring substituents is 1. The van der Waals surface area contributed by atoms with E-state index in [0.29, 0.717) is 0 Å². The molecule has 0 aliphatic carbocycles. The molecule has 1 aromatic rings. The van der Waals surface area contributed by atoms with Crippen LogP contribution in [-0.4, -0.2) is 45.4 Å². The highest BCUT2D eigenvalue weighted by atomic mass is 16.6. The SMILES string of the molecule is COC(=O)c1cc([N+](=O)[O-])cc(C(O)C(O)CC(=O)O)c1C. The van der Waals surface area contributed by atoms with Gasteiger partial charge in [0.25, 0.3) is 5.69 Å². The lowest BCUT2D eigenvalue weighted by Crippen LogP contribution is -2.23. The van der Waals surface area contributed by atoms with E-state index in [1.54, 1.807) is 0 Å². The average Bonchev–Trinajstić information content (AvgIpc) is 2.44. The lowest BCUT2D eigenvalue weighted by Gasteiger charge is -2.19. The van der Waals surface area contributed by atoms with Crippen LogP contribution < -0.4 is 0 Å². The Morgan fingerprint density at radius 2 is 1.95 bits per heavy atom. The first kappa shape index (κ1) is 17.5. The first-order valence-corrected chi connectivity index (χ1v) is 6.14. The largest absolute Gasteiger partial charge is 0.481 e. The number of carbonyl (C=O) groups is 2. The number of benzene rings is 1. The van der Waals surface area contributed by atoms with Crippen molar-refractivity contribution in [2.75, 3.05) is 7.11 Å². The Morgan fingerprint density at radius 3 is 2.41 bits per heavy atom. The summed E-state index contributed by atoms with van der Waals surface area (Å²) < 4.78 is 4.51. The number of esters is 1. The summed E-state index contributed by atoms with van der Waals surface area (Å²) in [4.78, 5) is 32.4. The molecule has 0 heterocycles. The molecule has 3 N–H and O–H groups in total. The maximum atomic E-state index is 11.6. The van der Waals surface area contributed by atoms with Gasteiger partial charge in [-0.25, -0.2) is 4.79 Å².